The fourth-order valence-corrected chi connectivity index (χ4v) is 1.73. The third-order valence-electron chi connectivity index (χ3n) is 2.67. The van der Waals surface area contributed by atoms with Gasteiger partial charge in [-0.2, -0.15) is 10.1 Å². The van der Waals surface area contributed by atoms with E-state index >= 15 is 0 Å². The number of aliphatic hydroxyl groups is 1. The van der Waals surface area contributed by atoms with Crippen LogP contribution < -0.4 is 0 Å². The van der Waals surface area contributed by atoms with Crippen LogP contribution in [-0.4, -0.2) is 25.3 Å². The van der Waals surface area contributed by atoms with Gasteiger partial charge < -0.3 is 5.11 Å². The molecule has 2 aromatic rings. The van der Waals surface area contributed by atoms with Crippen LogP contribution in [0, 0.1) is 11.3 Å². The van der Waals surface area contributed by atoms with E-state index in [4.69, 9.17) is 5.26 Å². The van der Waals surface area contributed by atoms with E-state index < -0.39 is 5.60 Å². The smallest absolute Gasteiger partial charge is 0.178 e. The molecule has 0 aliphatic rings. The number of aryl methyl sites for hydroxylation is 1. The average Bonchev–Trinajstić information content (AvgIpc) is 2.74. The van der Waals surface area contributed by atoms with E-state index in [1.54, 1.807) is 38.2 Å². The van der Waals surface area contributed by atoms with Gasteiger partial charge in [-0.05, 0) is 29.8 Å². The lowest BCUT2D eigenvalue weighted by atomic mass is 9.91. The van der Waals surface area contributed by atoms with Crippen molar-refractivity contribution in [3.63, 3.8) is 0 Å². The van der Waals surface area contributed by atoms with Crippen LogP contribution in [0.4, 0.5) is 0 Å². The van der Waals surface area contributed by atoms with Crippen LogP contribution in [0.15, 0.2) is 24.3 Å². The second-order valence-electron chi connectivity index (χ2n) is 4.34. The Balaban J connectivity index is 2.27. The molecule has 0 aliphatic heterocycles. The van der Waals surface area contributed by atoms with Gasteiger partial charge in [0.1, 0.15) is 0 Å². The zero-order chi connectivity index (χ0) is 13.2. The Kier molecular flexibility index (Phi) is 3.08. The largest absolute Gasteiger partial charge is 0.385 e. The molecule has 0 saturated heterocycles. The summed E-state index contributed by atoms with van der Waals surface area (Å²) < 4.78 is 0. The van der Waals surface area contributed by atoms with Crippen molar-refractivity contribution in [1.29, 1.82) is 5.26 Å². The maximum atomic E-state index is 10.4. The molecule has 0 bridgehead atoms. The van der Waals surface area contributed by atoms with Crippen LogP contribution in [0.5, 0.6) is 0 Å². The molecule has 2 rings (SSSR count). The summed E-state index contributed by atoms with van der Waals surface area (Å²) in [6.07, 6.45) is 0.246. The number of hydrogen-bond donors (Lipinski definition) is 1. The topological polar surface area (TPSA) is 87.6 Å². The van der Waals surface area contributed by atoms with Gasteiger partial charge in [0, 0.05) is 6.42 Å². The third kappa shape index (κ3) is 2.52. The first-order valence-electron chi connectivity index (χ1n) is 5.47. The van der Waals surface area contributed by atoms with E-state index in [0.717, 1.165) is 0 Å². The number of aromatic nitrogens is 4. The SMILES string of the molecule is Cn1nnc(CC(C)(O)c2cccc(C#N)c2)n1. The minimum absolute atomic E-state index is 0.246. The van der Waals surface area contributed by atoms with E-state index in [0.29, 0.717) is 17.0 Å². The van der Waals surface area contributed by atoms with Crippen molar-refractivity contribution >= 4 is 0 Å². The molecular weight excluding hydrogens is 230 g/mol. The Morgan fingerprint density at radius 3 is 2.89 bits per heavy atom. The highest BCUT2D eigenvalue weighted by Crippen LogP contribution is 2.24. The van der Waals surface area contributed by atoms with Gasteiger partial charge in [0.2, 0.25) is 0 Å². The second kappa shape index (κ2) is 4.55. The molecule has 1 N–H and O–H groups in total. The molecule has 1 heterocycles. The fraction of sp³-hybridized carbons (Fsp3) is 0.333. The number of tetrazole rings is 1. The highest BCUT2D eigenvalue weighted by Gasteiger charge is 2.26. The monoisotopic (exact) mass is 243 g/mol. The van der Waals surface area contributed by atoms with Gasteiger partial charge in [0.05, 0.1) is 24.3 Å². The van der Waals surface area contributed by atoms with Gasteiger partial charge in [0.15, 0.2) is 5.82 Å². The standard InChI is InChI=1S/C12H13N5O/c1-12(18,7-11-14-16-17(2)15-11)10-5-3-4-9(6-10)8-13/h3-6,18H,7H2,1-2H3. The molecule has 0 radical (unpaired) electrons. The third-order valence-corrected chi connectivity index (χ3v) is 2.67. The van der Waals surface area contributed by atoms with Crippen molar-refractivity contribution in [2.45, 2.75) is 18.9 Å². The number of nitriles is 1. The van der Waals surface area contributed by atoms with Crippen molar-refractivity contribution in [2.24, 2.45) is 7.05 Å². The molecule has 1 aromatic heterocycles. The lowest BCUT2D eigenvalue weighted by molar-refractivity contribution is 0.0554. The maximum absolute atomic E-state index is 10.4. The summed E-state index contributed by atoms with van der Waals surface area (Å²) in [5.41, 5.74) is 0.0458. The molecular formula is C12H13N5O. The Morgan fingerprint density at radius 1 is 1.50 bits per heavy atom. The van der Waals surface area contributed by atoms with Crippen molar-refractivity contribution in [1.82, 2.24) is 20.2 Å². The molecule has 92 valence electrons. The summed E-state index contributed by atoms with van der Waals surface area (Å²) in [6.45, 7) is 1.67. The van der Waals surface area contributed by atoms with Gasteiger partial charge in [-0.15, -0.1) is 10.2 Å². The predicted octanol–water partition coefficient (Wildman–Crippen LogP) is 0.532. The molecule has 0 fully saturated rings. The van der Waals surface area contributed by atoms with Crippen molar-refractivity contribution in [2.75, 3.05) is 0 Å². The van der Waals surface area contributed by atoms with Crippen LogP contribution in [0.25, 0.3) is 0 Å². The maximum Gasteiger partial charge on any atom is 0.178 e. The van der Waals surface area contributed by atoms with Crippen molar-refractivity contribution in [3.05, 3.63) is 41.2 Å². The Hall–Kier alpha value is -2.26. The van der Waals surface area contributed by atoms with E-state index in [-0.39, 0.29) is 6.42 Å². The van der Waals surface area contributed by atoms with E-state index in [1.807, 2.05) is 6.07 Å². The first-order chi connectivity index (χ1) is 8.51. The van der Waals surface area contributed by atoms with Crippen LogP contribution in [0.2, 0.25) is 0 Å². The van der Waals surface area contributed by atoms with E-state index in [1.165, 1.54) is 4.80 Å². The fourth-order valence-electron chi connectivity index (χ4n) is 1.73. The predicted molar refractivity (Wildman–Crippen MR) is 63.2 cm³/mol. The quantitative estimate of drug-likeness (QED) is 0.849. The molecule has 1 atom stereocenters. The zero-order valence-electron chi connectivity index (χ0n) is 10.2. The van der Waals surface area contributed by atoms with Gasteiger partial charge in [-0.3, -0.25) is 0 Å². The molecule has 1 aromatic carbocycles. The van der Waals surface area contributed by atoms with Gasteiger partial charge in [-0.25, -0.2) is 0 Å². The molecule has 0 spiro atoms. The van der Waals surface area contributed by atoms with Crippen LogP contribution in [0.1, 0.15) is 23.9 Å². The van der Waals surface area contributed by atoms with Gasteiger partial charge >= 0.3 is 0 Å². The Morgan fingerprint density at radius 2 is 2.28 bits per heavy atom. The van der Waals surface area contributed by atoms with E-state index in [2.05, 4.69) is 15.4 Å². The average molecular weight is 243 g/mol. The Labute approximate surface area is 104 Å². The van der Waals surface area contributed by atoms with Crippen LogP contribution in [-0.2, 0) is 19.1 Å². The molecule has 1 unspecified atom stereocenters. The first kappa shape index (κ1) is 12.2. The summed E-state index contributed by atoms with van der Waals surface area (Å²) in [5.74, 6) is 0.463. The summed E-state index contributed by atoms with van der Waals surface area (Å²) in [5, 5.41) is 30.9. The molecule has 18 heavy (non-hydrogen) atoms. The molecule has 0 saturated carbocycles. The number of benzene rings is 1. The number of rotatable bonds is 3. The van der Waals surface area contributed by atoms with E-state index in [9.17, 15) is 5.11 Å². The van der Waals surface area contributed by atoms with Crippen molar-refractivity contribution < 1.29 is 5.11 Å². The zero-order valence-corrected chi connectivity index (χ0v) is 10.2. The van der Waals surface area contributed by atoms with Gasteiger partial charge in [-0.1, -0.05) is 12.1 Å². The number of hydrogen-bond acceptors (Lipinski definition) is 5. The first-order valence-corrected chi connectivity index (χ1v) is 5.47. The molecule has 0 aliphatic carbocycles. The summed E-state index contributed by atoms with van der Waals surface area (Å²) >= 11 is 0. The summed E-state index contributed by atoms with van der Waals surface area (Å²) in [6, 6.07) is 8.92. The summed E-state index contributed by atoms with van der Waals surface area (Å²) in [4.78, 5) is 1.34. The van der Waals surface area contributed by atoms with Crippen molar-refractivity contribution in [3.8, 4) is 6.07 Å². The van der Waals surface area contributed by atoms with Gasteiger partial charge in [0.25, 0.3) is 0 Å². The molecule has 0 amide bonds. The minimum atomic E-state index is -1.13. The molecule has 6 nitrogen and oxygen atoms in total. The second-order valence-corrected chi connectivity index (χ2v) is 4.34. The lowest BCUT2D eigenvalue weighted by Crippen LogP contribution is -2.25. The normalized spacial score (nSPS) is 13.9. The number of nitrogens with zero attached hydrogens (tertiary/aromatic N) is 5. The minimum Gasteiger partial charge on any atom is -0.385 e. The van der Waals surface area contributed by atoms with Crippen LogP contribution >= 0.6 is 0 Å². The Bertz CT molecular complexity index is 597. The van der Waals surface area contributed by atoms with Crippen LogP contribution in [0.3, 0.4) is 0 Å². The highest BCUT2D eigenvalue weighted by molar-refractivity contribution is 5.35. The highest BCUT2D eigenvalue weighted by atomic mass is 16.3. The molecule has 6 heteroatoms. The lowest BCUT2D eigenvalue weighted by Gasteiger charge is -2.22. The summed E-state index contributed by atoms with van der Waals surface area (Å²) in [7, 11) is 1.67.